The molecule has 0 aliphatic carbocycles. The summed E-state index contributed by atoms with van der Waals surface area (Å²) in [5.41, 5.74) is 1.40. The molecule has 0 unspecified atom stereocenters. The zero-order chi connectivity index (χ0) is 19.1. The van der Waals surface area contributed by atoms with Gasteiger partial charge in [-0.3, -0.25) is 9.59 Å². The summed E-state index contributed by atoms with van der Waals surface area (Å²) in [5.74, 6) is 0.634. The normalized spacial score (nSPS) is 10.3. The second-order valence-corrected chi connectivity index (χ2v) is 5.73. The Bertz CT molecular complexity index is 919. The van der Waals surface area contributed by atoms with Crippen molar-refractivity contribution in [1.82, 2.24) is 5.32 Å². The molecule has 27 heavy (non-hydrogen) atoms. The topological polar surface area (TPSA) is 80.6 Å². The fraction of sp³-hybridized carbons (Fsp3) is 0.143. The third kappa shape index (κ3) is 4.76. The van der Waals surface area contributed by atoms with Gasteiger partial charge in [0.25, 0.3) is 11.8 Å². The van der Waals surface area contributed by atoms with E-state index in [0.717, 1.165) is 0 Å². The summed E-state index contributed by atoms with van der Waals surface area (Å²) < 4.78 is 10.7. The van der Waals surface area contributed by atoms with Crippen molar-refractivity contribution in [2.24, 2.45) is 0 Å². The smallest absolute Gasteiger partial charge is 0.259 e. The minimum Gasteiger partial charge on any atom is -0.493 e. The molecule has 6 heteroatoms. The molecule has 138 valence electrons. The van der Waals surface area contributed by atoms with Crippen molar-refractivity contribution in [2.75, 3.05) is 11.9 Å². The average molecular weight is 364 g/mol. The third-order valence-electron chi connectivity index (χ3n) is 3.82. The van der Waals surface area contributed by atoms with Gasteiger partial charge < -0.3 is 19.8 Å². The van der Waals surface area contributed by atoms with E-state index < -0.39 is 0 Å². The molecule has 0 saturated heterocycles. The molecule has 1 heterocycles. The van der Waals surface area contributed by atoms with E-state index in [0.29, 0.717) is 41.5 Å². The standard InChI is InChI=1S/C21H20N2O4/c1-2-26-19-11-4-3-10-18(19)21(25)23-16-8-5-7-15(13-16)20(24)22-14-17-9-6-12-27-17/h3-13H,2,14H2,1H3,(H,22,24)(H,23,25). The largest absolute Gasteiger partial charge is 0.493 e. The maximum absolute atomic E-state index is 12.6. The van der Waals surface area contributed by atoms with Crippen LogP contribution in [0.3, 0.4) is 0 Å². The molecule has 1 aromatic heterocycles. The molecular formula is C21H20N2O4. The number of anilines is 1. The number of para-hydroxylation sites is 1. The maximum Gasteiger partial charge on any atom is 0.259 e. The highest BCUT2D eigenvalue weighted by atomic mass is 16.5. The number of carbonyl (C=O) groups is 2. The van der Waals surface area contributed by atoms with Gasteiger partial charge in [-0.05, 0) is 49.4 Å². The van der Waals surface area contributed by atoms with Gasteiger partial charge >= 0.3 is 0 Å². The summed E-state index contributed by atoms with van der Waals surface area (Å²) in [6.07, 6.45) is 1.55. The highest BCUT2D eigenvalue weighted by Crippen LogP contribution is 2.20. The summed E-state index contributed by atoms with van der Waals surface area (Å²) >= 11 is 0. The van der Waals surface area contributed by atoms with Crippen LogP contribution in [0.2, 0.25) is 0 Å². The van der Waals surface area contributed by atoms with Crippen LogP contribution in [0.15, 0.2) is 71.3 Å². The number of benzene rings is 2. The van der Waals surface area contributed by atoms with Crippen molar-refractivity contribution < 1.29 is 18.7 Å². The summed E-state index contributed by atoms with van der Waals surface area (Å²) in [4.78, 5) is 24.9. The predicted molar refractivity (Wildman–Crippen MR) is 102 cm³/mol. The Morgan fingerprint density at radius 2 is 1.85 bits per heavy atom. The van der Waals surface area contributed by atoms with Gasteiger partial charge in [0, 0.05) is 11.3 Å². The van der Waals surface area contributed by atoms with Crippen molar-refractivity contribution in [3.05, 3.63) is 83.8 Å². The lowest BCUT2D eigenvalue weighted by Crippen LogP contribution is -2.22. The number of hydrogen-bond acceptors (Lipinski definition) is 4. The number of ether oxygens (including phenoxy) is 1. The van der Waals surface area contributed by atoms with Gasteiger partial charge in [0.2, 0.25) is 0 Å². The molecule has 2 amide bonds. The van der Waals surface area contributed by atoms with Crippen LogP contribution in [0, 0.1) is 0 Å². The van der Waals surface area contributed by atoms with Crippen LogP contribution in [0.1, 0.15) is 33.4 Å². The molecule has 0 bridgehead atoms. The monoisotopic (exact) mass is 364 g/mol. The second-order valence-electron chi connectivity index (χ2n) is 5.73. The van der Waals surface area contributed by atoms with E-state index in [4.69, 9.17) is 9.15 Å². The van der Waals surface area contributed by atoms with Gasteiger partial charge in [0.05, 0.1) is 25.0 Å². The number of carbonyl (C=O) groups excluding carboxylic acids is 2. The summed E-state index contributed by atoms with van der Waals surface area (Å²) in [5, 5.41) is 5.58. The van der Waals surface area contributed by atoms with Crippen LogP contribution in [-0.2, 0) is 6.54 Å². The SMILES string of the molecule is CCOc1ccccc1C(=O)Nc1cccc(C(=O)NCc2ccco2)c1. The third-order valence-corrected chi connectivity index (χ3v) is 3.82. The van der Waals surface area contributed by atoms with Gasteiger partial charge in [0.15, 0.2) is 0 Å². The Kier molecular flexibility index (Phi) is 5.89. The average Bonchev–Trinajstić information content (AvgIpc) is 3.20. The molecule has 2 aromatic carbocycles. The molecule has 3 rings (SSSR count). The van der Waals surface area contributed by atoms with Crippen LogP contribution in [0.4, 0.5) is 5.69 Å². The number of hydrogen-bond donors (Lipinski definition) is 2. The number of furan rings is 1. The number of nitrogens with one attached hydrogen (secondary N) is 2. The zero-order valence-corrected chi connectivity index (χ0v) is 14.9. The quantitative estimate of drug-likeness (QED) is 0.667. The molecule has 6 nitrogen and oxygen atoms in total. The number of rotatable bonds is 7. The lowest BCUT2D eigenvalue weighted by Gasteiger charge is -2.11. The first-order valence-corrected chi connectivity index (χ1v) is 8.61. The molecule has 0 fully saturated rings. The molecule has 0 saturated carbocycles. The van der Waals surface area contributed by atoms with Gasteiger partial charge in [-0.15, -0.1) is 0 Å². The second kappa shape index (κ2) is 8.71. The van der Waals surface area contributed by atoms with E-state index in [1.807, 2.05) is 13.0 Å². The fourth-order valence-electron chi connectivity index (χ4n) is 2.55. The van der Waals surface area contributed by atoms with E-state index in [2.05, 4.69) is 10.6 Å². The van der Waals surface area contributed by atoms with Gasteiger partial charge in [-0.2, -0.15) is 0 Å². The molecule has 0 aliphatic heterocycles. The first-order chi connectivity index (χ1) is 13.2. The van der Waals surface area contributed by atoms with Crippen molar-refractivity contribution in [1.29, 1.82) is 0 Å². The summed E-state index contributed by atoms with van der Waals surface area (Å²) in [6.45, 7) is 2.62. The maximum atomic E-state index is 12.6. The molecule has 0 atom stereocenters. The Morgan fingerprint density at radius 3 is 2.63 bits per heavy atom. The van der Waals surface area contributed by atoms with Crippen molar-refractivity contribution in [2.45, 2.75) is 13.5 Å². The zero-order valence-electron chi connectivity index (χ0n) is 14.9. The van der Waals surface area contributed by atoms with Gasteiger partial charge in [-0.1, -0.05) is 18.2 Å². The van der Waals surface area contributed by atoms with Crippen molar-refractivity contribution in [3.8, 4) is 5.75 Å². The molecule has 0 spiro atoms. The van der Waals surface area contributed by atoms with E-state index >= 15 is 0 Å². The molecule has 0 aliphatic rings. The summed E-state index contributed by atoms with van der Waals surface area (Å²) in [7, 11) is 0. The van der Waals surface area contributed by atoms with Crippen LogP contribution in [0.25, 0.3) is 0 Å². The van der Waals surface area contributed by atoms with Gasteiger partial charge in [0.1, 0.15) is 11.5 Å². The van der Waals surface area contributed by atoms with Crippen LogP contribution >= 0.6 is 0 Å². The predicted octanol–water partition coefficient (Wildman–Crippen LogP) is 3.86. The molecule has 2 N–H and O–H groups in total. The van der Waals surface area contributed by atoms with Crippen LogP contribution in [-0.4, -0.2) is 18.4 Å². The van der Waals surface area contributed by atoms with Crippen LogP contribution in [0.5, 0.6) is 5.75 Å². The first-order valence-electron chi connectivity index (χ1n) is 8.61. The molecule has 3 aromatic rings. The van der Waals surface area contributed by atoms with E-state index in [1.165, 1.54) is 0 Å². The first kappa shape index (κ1) is 18.3. The minimum absolute atomic E-state index is 0.253. The Morgan fingerprint density at radius 1 is 1.00 bits per heavy atom. The van der Waals surface area contributed by atoms with E-state index in [1.54, 1.807) is 60.9 Å². The lowest BCUT2D eigenvalue weighted by molar-refractivity contribution is 0.0946. The highest BCUT2D eigenvalue weighted by Gasteiger charge is 2.13. The molecular weight excluding hydrogens is 344 g/mol. The number of amides is 2. The Labute approximate surface area is 157 Å². The fourth-order valence-corrected chi connectivity index (χ4v) is 2.55. The Hall–Kier alpha value is -3.54. The van der Waals surface area contributed by atoms with E-state index in [-0.39, 0.29) is 11.8 Å². The molecule has 0 radical (unpaired) electrons. The van der Waals surface area contributed by atoms with Crippen molar-refractivity contribution in [3.63, 3.8) is 0 Å². The van der Waals surface area contributed by atoms with Gasteiger partial charge in [-0.25, -0.2) is 0 Å². The highest BCUT2D eigenvalue weighted by molar-refractivity contribution is 6.06. The lowest BCUT2D eigenvalue weighted by atomic mass is 10.1. The Balaban J connectivity index is 1.68. The summed E-state index contributed by atoms with van der Waals surface area (Å²) in [6, 6.07) is 17.3. The minimum atomic E-state index is -0.299. The van der Waals surface area contributed by atoms with Crippen molar-refractivity contribution >= 4 is 17.5 Å². The van der Waals surface area contributed by atoms with Crippen LogP contribution < -0.4 is 15.4 Å². The van der Waals surface area contributed by atoms with E-state index in [9.17, 15) is 9.59 Å².